The van der Waals surface area contributed by atoms with Gasteiger partial charge < -0.3 is 24.9 Å². The summed E-state index contributed by atoms with van der Waals surface area (Å²) < 4.78 is 37.8. The van der Waals surface area contributed by atoms with Crippen LogP contribution in [0.4, 0.5) is 13.6 Å². The van der Waals surface area contributed by atoms with Crippen molar-refractivity contribution < 1.29 is 27.8 Å². The summed E-state index contributed by atoms with van der Waals surface area (Å²) in [5, 5.41) is 14.5. The summed E-state index contributed by atoms with van der Waals surface area (Å²) in [6, 6.07) is 3.45. The van der Waals surface area contributed by atoms with Gasteiger partial charge in [0.15, 0.2) is 0 Å². The maximum atomic E-state index is 13.4. The van der Waals surface area contributed by atoms with Gasteiger partial charge in [0.2, 0.25) is 5.92 Å². The molecule has 0 radical (unpaired) electrons. The minimum Gasteiger partial charge on any atom is -0.469 e. The van der Waals surface area contributed by atoms with Crippen molar-refractivity contribution in [3.63, 3.8) is 0 Å². The maximum Gasteiger partial charge on any atom is 0.314 e. The number of nitrogens with one attached hydrogen (secondary N) is 2. The second-order valence-corrected chi connectivity index (χ2v) is 7.29. The lowest BCUT2D eigenvalue weighted by Gasteiger charge is -2.40. The Morgan fingerprint density at radius 1 is 1.31 bits per heavy atom. The number of aliphatic hydroxyl groups is 1. The molecule has 0 aliphatic heterocycles. The van der Waals surface area contributed by atoms with Crippen molar-refractivity contribution >= 4 is 6.03 Å². The fraction of sp³-hybridized carbons (Fsp3) is 0.722. The van der Waals surface area contributed by atoms with Crippen molar-refractivity contribution in [3.05, 3.63) is 24.2 Å². The van der Waals surface area contributed by atoms with E-state index in [0.717, 1.165) is 12.2 Å². The summed E-state index contributed by atoms with van der Waals surface area (Å²) in [4.78, 5) is 12.1. The van der Waals surface area contributed by atoms with E-state index in [4.69, 9.17) is 14.3 Å². The lowest BCUT2D eigenvalue weighted by Crippen LogP contribution is -2.51. The minimum atomic E-state index is -2.68. The van der Waals surface area contributed by atoms with Gasteiger partial charge in [0.05, 0.1) is 25.1 Å². The van der Waals surface area contributed by atoms with E-state index in [-0.39, 0.29) is 51.5 Å². The Bertz CT molecular complexity index is 584. The van der Waals surface area contributed by atoms with Crippen LogP contribution in [0.1, 0.15) is 43.8 Å². The lowest BCUT2D eigenvalue weighted by atomic mass is 9.82. The molecular weight excluding hydrogens is 346 g/mol. The van der Waals surface area contributed by atoms with E-state index in [9.17, 15) is 13.6 Å². The molecular formula is C18H26F2N2O4. The third kappa shape index (κ3) is 4.94. The first-order chi connectivity index (χ1) is 12.4. The second-order valence-electron chi connectivity index (χ2n) is 7.29. The molecule has 1 aromatic heterocycles. The first-order valence-corrected chi connectivity index (χ1v) is 9.11. The molecule has 3 rings (SSSR count). The zero-order valence-corrected chi connectivity index (χ0v) is 14.7. The summed E-state index contributed by atoms with van der Waals surface area (Å²) in [5.41, 5.74) is -0.835. The predicted octanol–water partition coefficient (Wildman–Crippen LogP) is 2.64. The molecule has 2 fully saturated rings. The summed E-state index contributed by atoms with van der Waals surface area (Å²) in [7, 11) is 0. The number of hydrogen-bond donors (Lipinski definition) is 3. The topological polar surface area (TPSA) is 83.7 Å². The molecule has 0 saturated heterocycles. The van der Waals surface area contributed by atoms with Gasteiger partial charge in [0.25, 0.3) is 0 Å². The Morgan fingerprint density at radius 2 is 2.08 bits per heavy atom. The molecule has 3 N–H and O–H groups in total. The Balaban J connectivity index is 1.41. The molecule has 2 saturated carbocycles. The van der Waals surface area contributed by atoms with E-state index in [1.54, 1.807) is 6.26 Å². The van der Waals surface area contributed by atoms with E-state index in [1.807, 2.05) is 12.1 Å². The third-order valence-electron chi connectivity index (χ3n) is 5.32. The number of ether oxygens (including phenoxy) is 1. The summed E-state index contributed by atoms with van der Waals surface area (Å²) in [6.07, 6.45) is 2.40. The zero-order chi connectivity index (χ0) is 18.6. The molecule has 0 spiro atoms. The molecule has 2 aliphatic carbocycles. The van der Waals surface area contributed by atoms with Crippen molar-refractivity contribution in [2.75, 3.05) is 26.3 Å². The van der Waals surface area contributed by atoms with Gasteiger partial charge in [-0.1, -0.05) is 0 Å². The minimum absolute atomic E-state index is 0.0712. The van der Waals surface area contributed by atoms with Crippen LogP contribution in [0.3, 0.4) is 0 Å². The normalized spacial score (nSPS) is 26.3. The van der Waals surface area contributed by atoms with Crippen molar-refractivity contribution in [1.29, 1.82) is 0 Å². The summed E-state index contributed by atoms with van der Waals surface area (Å²) in [5.74, 6) is -1.03. The number of carbonyl (C=O) groups is 1. The second kappa shape index (κ2) is 7.92. The predicted molar refractivity (Wildman–Crippen MR) is 90.1 cm³/mol. The third-order valence-corrected chi connectivity index (χ3v) is 5.32. The molecule has 6 nitrogen and oxygen atoms in total. The monoisotopic (exact) mass is 372 g/mol. The van der Waals surface area contributed by atoms with E-state index in [2.05, 4.69) is 10.6 Å². The average Bonchev–Trinajstić information content (AvgIpc) is 3.19. The number of carbonyl (C=O) groups excluding carboxylic acids is 1. The van der Waals surface area contributed by atoms with Crippen molar-refractivity contribution in [3.8, 4) is 0 Å². The van der Waals surface area contributed by atoms with Crippen LogP contribution in [0, 0.1) is 5.92 Å². The number of urea groups is 1. The number of furan rings is 1. The van der Waals surface area contributed by atoms with Gasteiger partial charge in [-0.3, -0.25) is 0 Å². The largest absolute Gasteiger partial charge is 0.469 e. The van der Waals surface area contributed by atoms with E-state index >= 15 is 0 Å². The Kier molecular flexibility index (Phi) is 5.82. The van der Waals surface area contributed by atoms with Crippen molar-refractivity contribution in [1.82, 2.24) is 10.6 Å². The van der Waals surface area contributed by atoms with Gasteiger partial charge >= 0.3 is 6.03 Å². The molecule has 0 bridgehead atoms. The Morgan fingerprint density at radius 3 is 2.73 bits per heavy atom. The van der Waals surface area contributed by atoms with Gasteiger partial charge in [-0.05, 0) is 37.3 Å². The number of amides is 2. The highest BCUT2D eigenvalue weighted by molar-refractivity contribution is 5.74. The molecule has 8 heteroatoms. The number of alkyl halides is 2. The smallest absolute Gasteiger partial charge is 0.314 e. The molecule has 0 unspecified atom stereocenters. The van der Waals surface area contributed by atoms with E-state index in [1.165, 1.54) is 0 Å². The van der Waals surface area contributed by atoms with Crippen LogP contribution >= 0.6 is 0 Å². The van der Waals surface area contributed by atoms with Crippen LogP contribution < -0.4 is 10.6 Å². The first-order valence-electron chi connectivity index (χ1n) is 9.11. The fourth-order valence-electron chi connectivity index (χ4n) is 3.56. The maximum absolute atomic E-state index is 13.4. The van der Waals surface area contributed by atoms with Crippen molar-refractivity contribution in [2.24, 2.45) is 5.92 Å². The van der Waals surface area contributed by atoms with E-state index in [0.29, 0.717) is 18.4 Å². The quantitative estimate of drug-likeness (QED) is 0.655. The highest BCUT2D eigenvalue weighted by atomic mass is 19.3. The molecule has 146 valence electrons. The van der Waals surface area contributed by atoms with Crippen LogP contribution in [0.2, 0.25) is 0 Å². The molecule has 1 heterocycles. The average molecular weight is 372 g/mol. The van der Waals surface area contributed by atoms with Crippen LogP contribution in [-0.4, -0.2) is 49.0 Å². The first kappa shape index (κ1) is 19.1. The number of rotatable bonds is 8. The number of halogens is 2. The molecule has 1 aromatic rings. The Labute approximate surface area is 151 Å². The van der Waals surface area contributed by atoms with Crippen LogP contribution in [0.25, 0.3) is 0 Å². The standard InChI is InChI=1S/C18H26F2N2O4/c19-18(20)5-3-17(4-6-18,26-9-7-23)12-22-16(24)21-11-13-10-14(13)15-2-1-8-25-15/h1-2,8,13-14,23H,3-7,9-12H2,(H2,21,22,24)/t13-,14+/m0/s1. The number of aliphatic hydroxyl groups excluding tert-OH is 1. The summed E-state index contributed by atoms with van der Waals surface area (Å²) in [6.45, 7) is 0.586. The highest BCUT2D eigenvalue weighted by Crippen LogP contribution is 2.47. The van der Waals surface area contributed by atoms with Gasteiger partial charge in [-0.15, -0.1) is 0 Å². The molecule has 2 atom stereocenters. The van der Waals surface area contributed by atoms with Crippen LogP contribution in [-0.2, 0) is 4.74 Å². The zero-order valence-electron chi connectivity index (χ0n) is 14.7. The SMILES string of the molecule is O=C(NC[C@@H]1C[C@H]1c1ccco1)NCC1(OCCO)CCC(F)(F)CC1. The van der Waals surface area contributed by atoms with Gasteiger partial charge in [-0.2, -0.15) is 0 Å². The molecule has 2 aliphatic rings. The van der Waals surface area contributed by atoms with Crippen LogP contribution in [0.15, 0.2) is 22.8 Å². The van der Waals surface area contributed by atoms with E-state index < -0.39 is 11.5 Å². The summed E-state index contributed by atoms with van der Waals surface area (Å²) >= 11 is 0. The van der Waals surface area contributed by atoms with Gasteiger partial charge in [0.1, 0.15) is 5.76 Å². The molecule has 26 heavy (non-hydrogen) atoms. The highest BCUT2D eigenvalue weighted by Gasteiger charge is 2.44. The molecule has 2 amide bonds. The number of hydrogen-bond acceptors (Lipinski definition) is 4. The fourth-order valence-corrected chi connectivity index (χ4v) is 3.56. The van der Waals surface area contributed by atoms with Crippen molar-refractivity contribution in [2.45, 2.75) is 49.5 Å². The Hall–Kier alpha value is -1.67. The molecule has 0 aromatic carbocycles. The van der Waals surface area contributed by atoms with Crippen LogP contribution in [0.5, 0.6) is 0 Å². The van der Waals surface area contributed by atoms with Gasteiger partial charge in [-0.25, -0.2) is 13.6 Å². The van der Waals surface area contributed by atoms with Gasteiger partial charge in [0, 0.05) is 31.8 Å². The lowest BCUT2D eigenvalue weighted by molar-refractivity contribution is -0.134.